The van der Waals surface area contributed by atoms with E-state index in [1.807, 2.05) is 18.2 Å². The molecule has 2 heterocycles. The fourth-order valence-corrected chi connectivity index (χ4v) is 3.47. The minimum Gasteiger partial charge on any atom is -0.495 e. The Balaban J connectivity index is 1.49. The summed E-state index contributed by atoms with van der Waals surface area (Å²) >= 11 is 0. The smallest absolute Gasteiger partial charge is 0.321 e. The summed E-state index contributed by atoms with van der Waals surface area (Å²) in [7, 11) is 1.52. The highest BCUT2D eigenvalue weighted by atomic mass is 16.5. The third-order valence-corrected chi connectivity index (χ3v) is 5.09. The first kappa shape index (κ1) is 21.1. The Morgan fingerprint density at radius 1 is 1.25 bits per heavy atom. The zero-order chi connectivity index (χ0) is 22.5. The van der Waals surface area contributed by atoms with Crippen LogP contribution in [0.3, 0.4) is 0 Å². The second-order valence-electron chi connectivity index (χ2n) is 7.32. The van der Waals surface area contributed by atoms with Gasteiger partial charge in [0.25, 0.3) is 0 Å². The van der Waals surface area contributed by atoms with Crippen LogP contribution in [-0.4, -0.2) is 52.3 Å². The second kappa shape index (κ2) is 9.32. The molecule has 1 fully saturated rings. The van der Waals surface area contributed by atoms with Crippen LogP contribution < -0.4 is 15.4 Å². The number of aromatic nitrogens is 2. The third kappa shape index (κ3) is 4.77. The van der Waals surface area contributed by atoms with Crippen LogP contribution in [0.4, 0.5) is 22.1 Å². The fraction of sp³-hybridized carbons (Fsp3) is 0.217. The number of benzene rings is 2. The standard InChI is InChI=1S/C23H22N6O3/c1-32-21-6-5-15(11-16(21)13-24)20-7-9-25-22(28-20)26-17-3-2-4-18(12-17)27-23(31)29-10-8-19(30)14-29/h2-7,9,11-12,19,30H,8,10,14H2,1H3,(H,27,31)(H,25,26,28)/t19-/m1/s1. The summed E-state index contributed by atoms with van der Waals surface area (Å²) in [6.07, 6.45) is 1.76. The van der Waals surface area contributed by atoms with Crippen molar-refractivity contribution in [2.24, 2.45) is 0 Å². The third-order valence-electron chi connectivity index (χ3n) is 5.09. The van der Waals surface area contributed by atoms with Crippen molar-refractivity contribution in [2.75, 3.05) is 30.8 Å². The molecule has 32 heavy (non-hydrogen) atoms. The molecule has 2 amide bonds. The van der Waals surface area contributed by atoms with Crippen molar-refractivity contribution in [3.63, 3.8) is 0 Å². The minimum atomic E-state index is -0.465. The number of methoxy groups -OCH3 is 1. The number of rotatable bonds is 5. The summed E-state index contributed by atoms with van der Waals surface area (Å²) in [5.41, 5.74) is 3.16. The molecule has 0 saturated carbocycles. The summed E-state index contributed by atoms with van der Waals surface area (Å²) < 4.78 is 5.19. The molecule has 3 N–H and O–H groups in total. The van der Waals surface area contributed by atoms with Gasteiger partial charge < -0.3 is 25.4 Å². The van der Waals surface area contributed by atoms with E-state index in [4.69, 9.17) is 4.74 Å². The van der Waals surface area contributed by atoms with Crippen LogP contribution in [0.15, 0.2) is 54.7 Å². The zero-order valence-electron chi connectivity index (χ0n) is 17.4. The molecular weight excluding hydrogens is 408 g/mol. The van der Waals surface area contributed by atoms with E-state index >= 15 is 0 Å². The molecule has 1 atom stereocenters. The highest BCUT2D eigenvalue weighted by Gasteiger charge is 2.24. The van der Waals surface area contributed by atoms with Crippen LogP contribution in [-0.2, 0) is 0 Å². The highest BCUT2D eigenvalue weighted by molar-refractivity contribution is 5.90. The zero-order valence-corrected chi connectivity index (χ0v) is 17.4. The van der Waals surface area contributed by atoms with E-state index in [1.54, 1.807) is 41.4 Å². The maximum absolute atomic E-state index is 12.4. The molecule has 162 valence electrons. The molecule has 4 rings (SSSR count). The molecule has 2 aromatic carbocycles. The van der Waals surface area contributed by atoms with E-state index in [9.17, 15) is 15.2 Å². The Bertz CT molecular complexity index is 1180. The maximum atomic E-state index is 12.4. The lowest BCUT2D eigenvalue weighted by Gasteiger charge is -2.17. The number of nitrogens with one attached hydrogen (secondary N) is 2. The van der Waals surface area contributed by atoms with Gasteiger partial charge in [0.15, 0.2) is 0 Å². The van der Waals surface area contributed by atoms with Crippen LogP contribution in [0.2, 0.25) is 0 Å². The van der Waals surface area contributed by atoms with Crippen molar-refractivity contribution in [3.05, 3.63) is 60.3 Å². The summed E-state index contributed by atoms with van der Waals surface area (Å²) in [5, 5.41) is 24.9. The minimum absolute atomic E-state index is 0.246. The Kier molecular flexibility index (Phi) is 6.14. The number of ether oxygens (including phenoxy) is 1. The molecular formula is C23H22N6O3. The lowest BCUT2D eigenvalue weighted by atomic mass is 10.1. The van der Waals surface area contributed by atoms with Gasteiger partial charge in [0, 0.05) is 36.2 Å². The van der Waals surface area contributed by atoms with E-state index in [2.05, 4.69) is 26.7 Å². The number of nitriles is 1. The van der Waals surface area contributed by atoms with E-state index in [1.165, 1.54) is 7.11 Å². The van der Waals surface area contributed by atoms with E-state index in [-0.39, 0.29) is 6.03 Å². The Hall–Kier alpha value is -4.16. The molecule has 1 aromatic heterocycles. The second-order valence-corrected chi connectivity index (χ2v) is 7.32. The number of urea groups is 1. The van der Waals surface area contributed by atoms with Crippen molar-refractivity contribution in [3.8, 4) is 23.1 Å². The van der Waals surface area contributed by atoms with E-state index in [0.717, 1.165) is 5.56 Å². The molecule has 0 unspecified atom stereocenters. The van der Waals surface area contributed by atoms with Gasteiger partial charge in [-0.3, -0.25) is 0 Å². The number of carbonyl (C=O) groups excluding carboxylic acids is 1. The number of hydrogen-bond acceptors (Lipinski definition) is 7. The van der Waals surface area contributed by atoms with Gasteiger partial charge in [0.2, 0.25) is 5.95 Å². The summed E-state index contributed by atoms with van der Waals surface area (Å²) in [4.78, 5) is 22.7. The monoisotopic (exact) mass is 430 g/mol. The Morgan fingerprint density at radius 2 is 2.09 bits per heavy atom. The molecule has 0 radical (unpaired) electrons. The van der Waals surface area contributed by atoms with Crippen LogP contribution in [0.1, 0.15) is 12.0 Å². The Morgan fingerprint density at radius 3 is 2.84 bits per heavy atom. The van der Waals surface area contributed by atoms with Gasteiger partial charge in [-0.05, 0) is 48.9 Å². The predicted molar refractivity (Wildman–Crippen MR) is 120 cm³/mol. The van der Waals surface area contributed by atoms with Crippen molar-refractivity contribution in [1.82, 2.24) is 14.9 Å². The van der Waals surface area contributed by atoms with Crippen molar-refractivity contribution < 1.29 is 14.6 Å². The van der Waals surface area contributed by atoms with Crippen LogP contribution in [0.5, 0.6) is 5.75 Å². The molecule has 0 aliphatic carbocycles. The van der Waals surface area contributed by atoms with Gasteiger partial charge in [0.05, 0.1) is 24.5 Å². The first-order chi connectivity index (χ1) is 15.6. The van der Waals surface area contributed by atoms with Gasteiger partial charge in [-0.1, -0.05) is 6.07 Å². The molecule has 9 heteroatoms. The molecule has 0 spiro atoms. The normalized spacial score (nSPS) is 15.2. The van der Waals surface area contributed by atoms with Gasteiger partial charge >= 0.3 is 6.03 Å². The van der Waals surface area contributed by atoms with Crippen molar-refractivity contribution in [1.29, 1.82) is 5.26 Å². The largest absolute Gasteiger partial charge is 0.495 e. The number of amides is 2. The van der Waals surface area contributed by atoms with Gasteiger partial charge in [-0.15, -0.1) is 0 Å². The summed E-state index contributed by atoms with van der Waals surface area (Å²) in [6, 6.07) is 16.1. The first-order valence-electron chi connectivity index (χ1n) is 10.1. The lowest BCUT2D eigenvalue weighted by molar-refractivity contribution is 0.176. The summed E-state index contributed by atoms with van der Waals surface area (Å²) in [5.74, 6) is 0.883. The number of carbonyl (C=O) groups is 1. The molecule has 1 aliphatic rings. The molecule has 9 nitrogen and oxygen atoms in total. The SMILES string of the molecule is COc1ccc(-c2ccnc(Nc3cccc(NC(=O)N4CC[C@@H](O)C4)c3)n2)cc1C#N. The van der Waals surface area contributed by atoms with Gasteiger partial charge in [-0.25, -0.2) is 14.8 Å². The summed E-state index contributed by atoms with van der Waals surface area (Å²) in [6.45, 7) is 0.869. The average Bonchev–Trinajstić information content (AvgIpc) is 3.25. The van der Waals surface area contributed by atoms with Crippen LogP contribution in [0.25, 0.3) is 11.3 Å². The molecule has 0 bridgehead atoms. The first-order valence-corrected chi connectivity index (χ1v) is 10.1. The number of likely N-dealkylation sites (tertiary alicyclic amines) is 1. The topological polar surface area (TPSA) is 123 Å². The maximum Gasteiger partial charge on any atom is 0.321 e. The van der Waals surface area contributed by atoms with Gasteiger partial charge in [0.1, 0.15) is 11.8 Å². The predicted octanol–water partition coefficient (Wildman–Crippen LogP) is 3.37. The number of nitrogens with zero attached hydrogens (tertiary/aromatic N) is 4. The number of aliphatic hydroxyl groups excluding tert-OH is 1. The van der Waals surface area contributed by atoms with Crippen molar-refractivity contribution >= 4 is 23.4 Å². The fourth-order valence-electron chi connectivity index (χ4n) is 3.47. The number of anilines is 3. The average molecular weight is 430 g/mol. The molecule has 1 aliphatic heterocycles. The van der Waals surface area contributed by atoms with Crippen LogP contribution in [0, 0.1) is 11.3 Å². The van der Waals surface area contributed by atoms with Gasteiger partial charge in [-0.2, -0.15) is 5.26 Å². The quantitative estimate of drug-likeness (QED) is 0.567. The van der Waals surface area contributed by atoms with E-state index < -0.39 is 6.10 Å². The Labute approximate surface area is 185 Å². The number of aliphatic hydroxyl groups is 1. The lowest BCUT2D eigenvalue weighted by Crippen LogP contribution is -2.33. The molecule has 1 saturated heterocycles. The number of hydrogen-bond donors (Lipinski definition) is 3. The number of β-amino-alcohol motifs (C(OH)–C–C–N with tert-alkyl or cyclic N) is 1. The molecule has 3 aromatic rings. The van der Waals surface area contributed by atoms with Crippen LogP contribution >= 0.6 is 0 Å². The van der Waals surface area contributed by atoms with E-state index in [0.29, 0.717) is 53.8 Å². The van der Waals surface area contributed by atoms with Crippen molar-refractivity contribution in [2.45, 2.75) is 12.5 Å². The highest BCUT2D eigenvalue weighted by Crippen LogP contribution is 2.26.